The predicted molar refractivity (Wildman–Crippen MR) is 475 cm³/mol. The highest BCUT2D eigenvalue weighted by Crippen LogP contribution is 2.50. The Morgan fingerprint density at radius 1 is 0.202 bits per heavy atom. The molecule has 0 aliphatic carbocycles. The van der Waals surface area contributed by atoms with Gasteiger partial charge in [0.1, 0.15) is 0 Å². The van der Waals surface area contributed by atoms with Crippen molar-refractivity contribution in [3.63, 3.8) is 0 Å². The molecule has 0 unspecified atom stereocenters. The maximum absolute atomic E-state index is 2.64. The van der Waals surface area contributed by atoms with Gasteiger partial charge in [0.25, 0.3) is 6.71 Å². The van der Waals surface area contributed by atoms with E-state index in [0.29, 0.717) is 0 Å². The Bertz CT molecular complexity index is 5770. The minimum absolute atomic E-state index is 0.0354. The first-order chi connectivity index (χ1) is 51.1. The number of fused-ring (bicyclic) bond motifs is 10. The van der Waals surface area contributed by atoms with Crippen LogP contribution < -0.4 is 26.2 Å². The van der Waals surface area contributed by atoms with Crippen LogP contribution >= 0.6 is 0 Å². The summed E-state index contributed by atoms with van der Waals surface area (Å²) in [5.41, 5.74) is 35.2. The van der Waals surface area contributed by atoms with Crippen LogP contribution in [0.2, 0.25) is 0 Å². The molecule has 0 fully saturated rings. The zero-order valence-electron chi connectivity index (χ0n) is 69.4. The van der Waals surface area contributed by atoms with Gasteiger partial charge in [-0.15, -0.1) is 0 Å². The first-order valence-corrected chi connectivity index (χ1v) is 39.9. The number of aromatic nitrogens is 2. The SMILES string of the molecule is CC(C)(C)c1cc(-c2ccc(N3c4cc(-n5c6ccc(C(C)(C)C)cc6c6cc(C(C)(C)C)ccc65)ccc4B4c5ccc(-n6c7cc(C(C)(C)C)ccc7c7ccc(C(C)(C)C)cc76)cc5N(c5ccc(-c6cc(C(C)(C)C)cc(C(C)(C)C)c6)cc5)c5cc(-c6ccccc6)cc3c54)cc2)cc(C(C)(C)C)c1. The number of anilines is 6. The lowest BCUT2D eigenvalue weighted by molar-refractivity contribution is 0.568. The van der Waals surface area contributed by atoms with E-state index in [4.69, 9.17) is 0 Å². The van der Waals surface area contributed by atoms with Crippen LogP contribution in [0.25, 0.3) is 88.4 Å². The molecule has 16 rings (SSSR count). The van der Waals surface area contributed by atoms with Crippen LogP contribution in [0.1, 0.15) is 211 Å². The normalized spacial score (nSPS) is 13.8. The zero-order chi connectivity index (χ0) is 77.5. The smallest absolute Gasteiger partial charge is 0.252 e. The fourth-order valence-corrected chi connectivity index (χ4v) is 17.0. The standard InChI is InChI=1S/C104H111BN4/c1-97(2,3)70-36-48-88-84(58-70)85-59-71(98(4,5)6)37-49-89(85)108(88)80-42-46-86-92(62-80)106(78-38-30-65(31-39-78)67-50-74(101(13,14)15)56-75(51-67)102(16,17)18)94-54-69(64-28-26-25-27-29-64)55-95-96(94)105(86)87-47-43-81(109-90-60-72(99(7,8)9)34-44-82(90)83-45-35-73(61-91(83)109)100(10,11)12)63-93(87)107(95)79-40-32-66(33-41-79)68-52-76(103(19,20)21)57-77(53-68)104(22,23)24/h25-63H,1-24H3. The van der Waals surface area contributed by atoms with Gasteiger partial charge in [-0.05, 0) is 235 Å². The molecule has 0 bridgehead atoms. The fourth-order valence-electron chi connectivity index (χ4n) is 17.0. The molecule has 5 heteroatoms. The quantitative estimate of drug-likeness (QED) is 0.148. The van der Waals surface area contributed by atoms with Crippen molar-refractivity contribution in [3.8, 4) is 44.8 Å². The molecule has 550 valence electrons. The summed E-state index contributed by atoms with van der Waals surface area (Å²) < 4.78 is 5.14. The number of hydrogen-bond donors (Lipinski definition) is 0. The second kappa shape index (κ2) is 25.2. The Morgan fingerprint density at radius 2 is 0.505 bits per heavy atom. The molecule has 0 atom stereocenters. The Kier molecular flexibility index (Phi) is 16.9. The summed E-state index contributed by atoms with van der Waals surface area (Å²) >= 11 is 0. The third-order valence-corrected chi connectivity index (χ3v) is 23.9. The van der Waals surface area contributed by atoms with Crippen LogP contribution in [0.15, 0.2) is 237 Å². The van der Waals surface area contributed by atoms with Gasteiger partial charge in [-0.25, -0.2) is 0 Å². The van der Waals surface area contributed by atoms with Gasteiger partial charge < -0.3 is 18.9 Å². The highest BCUT2D eigenvalue weighted by atomic mass is 15.2. The van der Waals surface area contributed by atoms with Gasteiger partial charge in [-0.2, -0.15) is 0 Å². The van der Waals surface area contributed by atoms with Crippen LogP contribution in [0.3, 0.4) is 0 Å². The molecular formula is C104H111BN4. The number of hydrogen-bond acceptors (Lipinski definition) is 2. The first-order valence-electron chi connectivity index (χ1n) is 39.9. The van der Waals surface area contributed by atoms with Crippen molar-refractivity contribution in [1.29, 1.82) is 0 Å². The summed E-state index contributed by atoms with van der Waals surface area (Å²) in [6.07, 6.45) is 0. The van der Waals surface area contributed by atoms with E-state index in [-0.39, 0.29) is 50.0 Å². The van der Waals surface area contributed by atoms with Crippen LogP contribution in [-0.2, 0) is 43.3 Å². The Balaban J connectivity index is 1.00. The van der Waals surface area contributed by atoms with Crippen molar-refractivity contribution >= 4 is 101 Å². The van der Waals surface area contributed by atoms with E-state index in [0.717, 1.165) is 56.6 Å². The number of rotatable bonds is 7. The van der Waals surface area contributed by atoms with Gasteiger partial charge in [0.05, 0.1) is 22.1 Å². The summed E-state index contributed by atoms with van der Waals surface area (Å²) in [5.74, 6) is 0. The molecule has 0 saturated carbocycles. The van der Waals surface area contributed by atoms with Crippen LogP contribution in [-0.4, -0.2) is 15.8 Å². The monoisotopic (exact) mass is 1430 g/mol. The Morgan fingerprint density at radius 3 is 0.853 bits per heavy atom. The molecule has 4 nitrogen and oxygen atoms in total. The average molecular weight is 1430 g/mol. The Labute approximate surface area is 651 Å². The molecule has 2 aliphatic rings. The van der Waals surface area contributed by atoms with Crippen molar-refractivity contribution in [2.45, 2.75) is 209 Å². The van der Waals surface area contributed by atoms with E-state index in [1.54, 1.807) is 0 Å². The molecule has 0 radical (unpaired) electrons. The molecule has 109 heavy (non-hydrogen) atoms. The minimum Gasteiger partial charge on any atom is -0.311 e. The van der Waals surface area contributed by atoms with Crippen molar-refractivity contribution in [2.24, 2.45) is 0 Å². The lowest BCUT2D eigenvalue weighted by Crippen LogP contribution is -2.61. The highest BCUT2D eigenvalue weighted by Gasteiger charge is 2.45. The largest absolute Gasteiger partial charge is 0.311 e. The third kappa shape index (κ3) is 12.9. The van der Waals surface area contributed by atoms with Crippen LogP contribution in [0.5, 0.6) is 0 Å². The van der Waals surface area contributed by atoms with Crippen molar-refractivity contribution in [3.05, 3.63) is 281 Å². The molecule has 14 aromatic rings. The molecule has 2 aromatic heterocycles. The van der Waals surface area contributed by atoms with Crippen molar-refractivity contribution in [2.75, 3.05) is 9.80 Å². The van der Waals surface area contributed by atoms with Crippen molar-refractivity contribution in [1.82, 2.24) is 9.13 Å². The summed E-state index contributed by atoms with van der Waals surface area (Å²) in [6.45, 7) is 55.9. The molecule has 0 amide bonds. The lowest BCUT2D eigenvalue weighted by Gasteiger charge is -2.44. The molecule has 12 aromatic carbocycles. The number of nitrogens with zero attached hydrogens (tertiary/aromatic N) is 4. The molecule has 0 saturated heterocycles. The van der Waals surface area contributed by atoms with Gasteiger partial charge in [0.15, 0.2) is 0 Å². The molecule has 2 aliphatic heterocycles. The predicted octanol–water partition coefficient (Wildman–Crippen LogP) is 27.3. The topological polar surface area (TPSA) is 16.3 Å². The summed E-state index contributed by atoms with van der Waals surface area (Å²) in [5, 5.41) is 5.06. The van der Waals surface area contributed by atoms with Gasteiger partial charge in [-0.1, -0.05) is 306 Å². The molecule has 4 heterocycles. The van der Waals surface area contributed by atoms with Crippen LogP contribution in [0.4, 0.5) is 34.1 Å². The van der Waals surface area contributed by atoms with Gasteiger partial charge in [-0.3, -0.25) is 0 Å². The molecular weight excluding hydrogens is 1320 g/mol. The van der Waals surface area contributed by atoms with E-state index < -0.39 is 0 Å². The summed E-state index contributed by atoms with van der Waals surface area (Å²) in [4.78, 5) is 5.27. The number of benzene rings is 12. The van der Waals surface area contributed by atoms with Crippen LogP contribution in [0, 0.1) is 0 Å². The zero-order valence-corrected chi connectivity index (χ0v) is 69.4. The highest BCUT2D eigenvalue weighted by molar-refractivity contribution is 7.00. The van der Waals surface area contributed by atoms with E-state index in [2.05, 4.69) is 422 Å². The Hall–Kier alpha value is -10.1. The van der Waals surface area contributed by atoms with Crippen molar-refractivity contribution < 1.29 is 0 Å². The van der Waals surface area contributed by atoms with E-state index in [1.807, 2.05) is 0 Å². The third-order valence-electron chi connectivity index (χ3n) is 23.9. The van der Waals surface area contributed by atoms with Gasteiger partial charge in [0, 0.05) is 67.0 Å². The summed E-state index contributed by atoms with van der Waals surface area (Å²) in [6, 6.07) is 93.8. The van der Waals surface area contributed by atoms with E-state index in [9.17, 15) is 0 Å². The van der Waals surface area contributed by atoms with Gasteiger partial charge in [0.2, 0.25) is 0 Å². The lowest BCUT2D eigenvalue weighted by atomic mass is 9.33. The van der Waals surface area contributed by atoms with E-state index >= 15 is 0 Å². The fraction of sp³-hybridized carbons (Fsp3) is 0.308. The second-order valence-electron chi connectivity index (χ2n) is 40.2. The maximum Gasteiger partial charge on any atom is 0.252 e. The molecule has 0 spiro atoms. The molecule has 0 N–H and O–H groups in total. The minimum atomic E-state index is -0.180. The van der Waals surface area contributed by atoms with E-state index in [1.165, 1.54) is 127 Å². The van der Waals surface area contributed by atoms with Gasteiger partial charge >= 0.3 is 0 Å². The second-order valence-corrected chi connectivity index (χ2v) is 40.2. The first kappa shape index (κ1) is 73.1. The average Bonchev–Trinajstić information content (AvgIpc) is 1.24. The maximum atomic E-state index is 2.64. The summed E-state index contributed by atoms with van der Waals surface area (Å²) in [7, 11) is 0.